The molecule has 43 heavy (non-hydrogen) atoms. The lowest BCUT2D eigenvalue weighted by Gasteiger charge is -2.21. The summed E-state index contributed by atoms with van der Waals surface area (Å²) in [6, 6.07) is 8.52. The van der Waals surface area contributed by atoms with E-state index in [0.717, 1.165) is 43.4 Å². The minimum Gasteiger partial charge on any atom is -0.489 e. The van der Waals surface area contributed by atoms with Crippen LogP contribution < -0.4 is 19.2 Å². The molecule has 1 saturated carbocycles. The first kappa shape index (κ1) is 32.9. The number of ether oxygens (including phenoxy) is 3. The van der Waals surface area contributed by atoms with Crippen LogP contribution in [-0.2, 0) is 35.8 Å². The normalized spacial score (nSPS) is 14.4. The van der Waals surface area contributed by atoms with Gasteiger partial charge in [-0.2, -0.15) is 13.5 Å². The summed E-state index contributed by atoms with van der Waals surface area (Å²) in [7, 11) is -7.77. The van der Waals surface area contributed by atoms with E-state index < -0.39 is 45.1 Å². The summed E-state index contributed by atoms with van der Waals surface area (Å²) in [6.07, 6.45) is 4.65. The molecular weight excluding hydrogens is 653 g/mol. The molecule has 2 aromatic carbocycles. The van der Waals surface area contributed by atoms with Gasteiger partial charge in [-0.3, -0.25) is 4.79 Å². The maximum Gasteiger partial charge on any atom is 0.387 e. The predicted octanol–water partition coefficient (Wildman–Crippen LogP) is 4.41. The second kappa shape index (κ2) is 13.7. The number of halogens is 4. The number of hydrogen-bond donors (Lipinski definition) is 1. The Morgan fingerprint density at radius 2 is 1.63 bits per heavy atom. The van der Waals surface area contributed by atoms with E-state index in [2.05, 4.69) is 14.4 Å². The van der Waals surface area contributed by atoms with Crippen molar-refractivity contribution in [3.63, 3.8) is 0 Å². The number of carbonyl (C=O) groups excluding carboxylic acids is 1. The minimum absolute atomic E-state index is 0.0163. The van der Waals surface area contributed by atoms with E-state index >= 15 is 0 Å². The van der Waals surface area contributed by atoms with Crippen molar-refractivity contribution >= 4 is 49.0 Å². The standard InChI is InChI=1S/C27H26Cl2F2N2O8S2/c1-42(35,36)18-5-7-19(8-6-18)43(37,38)33-14-26(34)40-24(11-20-21(28)12-32-13-22(20)29)17-4-9-23(41-27(30)31)25(10-17)39-15-16-2-3-16/h4-10,12-13,16,24,27,33H,2-3,11,14-15H2,1H3/p+1/t24-/m0/s1. The Balaban J connectivity index is 1.56. The number of sulfonamides is 1. The van der Waals surface area contributed by atoms with E-state index in [1.54, 1.807) is 0 Å². The Bertz CT molecular complexity index is 1670. The van der Waals surface area contributed by atoms with Gasteiger partial charge in [0.25, 0.3) is 0 Å². The number of pyridine rings is 1. The highest BCUT2D eigenvalue weighted by molar-refractivity contribution is 7.90. The molecule has 1 heterocycles. The SMILES string of the molecule is CS(=O)(=O)c1ccc(S(=O)(=O)NCC(=O)O[C@@H](Cc2c(Cl)c[nH+]cc2Cl)c2ccc(OC(F)F)c(OCC3CC3)c2)cc1. The van der Waals surface area contributed by atoms with Crippen LogP contribution in [0.25, 0.3) is 0 Å². The van der Waals surface area contributed by atoms with Crippen LogP contribution in [0.5, 0.6) is 11.5 Å². The number of carbonyl (C=O) groups is 1. The van der Waals surface area contributed by atoms with Crippen molar-refractivity contribution in [1.82, 2.24) is 4.72 Å². The average Bonchev–Trinajstić information content (AvgIpc) is 3.77. The Morgan fingerprint density at radius 1 is 1.00 bits per heavy atom. The number of hydrogen-bond acceptors (Lipinski definition) is 8. The summed E-state index contributed by atoms with van der Waals surface area (Å²) >= 11 is 12.6. The average molecular weight is 681 g/mol. The van der Waals surface area contributed by atoms with E-state index in [1.807, 2.05) is 0 Å². The molecule has 0 aliphatic heterocycles. The van der Waals surface area contributed by atoms with Crippen LogP contribution in [0.2, 0.25) is 10.0 Å². The molecule has 0 radical (unpaired) electrons. The molecule has 0 spiro atoms. The fraction of sp³-hybridized carbons (Fsp3) is 0.333. The summed E-state index contributed by atoms with van der Waals surface area (Å²) in [5.41, 5.74) is 0.722. The first-order valence-corrected chi connectivity index (χ1v) is 16.9. The molecule has 3 aromatic rings. The lowest BCUT2D eigenvalue weighted by molar-refractivity contribution is -0.377. The molecule has 1 atom stereocenters. The van der Waals surface area contributed by atoms with Gasteiger partial charge in [-0.1, -0.05) is 29.3 Å². The number of sulfone groups is 1. The zero-order valence-electron chi connectivity index (χ0n) is 22.6. The number of esters is 1. The van der Waals surface area contributed by atoms with Crippen LogP contribution in [0.1, 0.15) is 30.1 Å². The smallest absolute Gasteiger partial charge is 0.387 e. The second-order valence-corrected chi connectivity index (χ2v) is 14.3. The maximum atomic E-state index is 13.0. The zero-order chi connectivity index (χ0) is 31.4. The van der Waals surface area contributed by atoms with Crippen molar-refractivity contribution in [1.29, 1.82) is 0 Å². The van der Waals surface area contributed by atoms with Crippen molar-refractivity contribution in [2.24, 2.45) is 5.92 Å². The number of H-pyrrole nitrogens is 1. The monoisotopic (exact) mass is 679 g/mol. The lowest BCUT2D eigenvalue weighted by Crippen LogP contribution is -2.31. The van der Waals surface area contributed by atoms with Crippen LogP contribution in [0, 0.1) is 5.92 Å². The Kier molecular flexibility index (Phi) is 10.5. The molecule has 232 valence electrons. The number of aromatic amines is 1. The van der Waals surface area contributed by atoms with Crippen molar-refractivity contribution in [2.45, 2.75) is 41.8 Å². The van der Waals surface area contributed by atoms with Gasteiger partial charge < -0.3 is 14.2 Å². The molecule has 0 unspecified atom stereocenters. The summed E-state index contributed by atoms with van der Waals surface area (Å²) < 4.78 is 93.0. The number of rotatable bonds is 14. The Morgan fingerprint density at radius 3 is 2.21 bits per heavy atom. The number of alkyl halides is 2. The predicted molar refractivity (Wildman–Crippen MR) is 152 cm³/mol. The van der Waals surface area contributed by atoms with Crippen molar-refractivity contribution < 1.29 is 49.6 Å². The number of aromatic nitrogens is 1. The highest BCUT2D eigenvalue weighted by Gasteiger charge is 2.27. The first-order valence-electron chi connectivity index (χ1n) is 12.8. The van der Waals surface area contributed by atoms with Gasteiger partial charge in [0.1, 0.15) is 22.7 Å². The van der Waals surface area contributed by atoms with Gasteiger partial charge in [0.15, 0.2) is 33.7 Å². The van der Waals surface area contributed by atoms with Crippen LogP contribution in [0.3, 0.4) is 0 Å². The van der Waals surface area contributed by atoms with Crippen molar-refractivity contribution in [2.75, 3.05) is 19.4 Å². The topological polar surface area (TPSA) is 139 Å². The molecule has 10 nitrogen and oxygen atoms in total. The third-order valence-electron chi connectivity index (χ3n) is 6.36. The molecule has 0 saturated heterocycles. The molecule has 1 aliphatic rings. The van der Waals surface area contributed by atoms with E-state index in [0.29, 0.717) is 17.0 Å². The van der Waals surface area contributed by atoms with E-state index in [-0.39, 0.29) is 44.4 Å². The van der Waals surface area contributed by atoms with Gasteiger partial charge >= 0.3 is 12.6 Å². The minimum atomic E-state index is -4.22. The summed E-state index contributed by atoms with van der Waals surface area (Å²) in [5, 5.41) is 0.462. The quantitative estimate of drug-likeness (QED) is 0.247. The number of benzene rings is 2. The highest BCUT2D eigenvalue weighted by Crippen LogP contribution is 2.37. The Hall–Kier alpha value is -3.04. The van der Waals surface area contributed by atoms with Gasteiger partial charge in [-0.15, -0.1) is 0 Å². The molecule has 1 fully saturated rings. The first-order chi connectivity index (χ1) is 20.2. The molecule has 0 amide bonds. The second-order valence-electron chi connectivity index (χ2n) is 9.72. The van der Waals surface area contributed by atoms with Gasteiger partial charge in [0.2, 0.25) is 10.0 Å². The van der Waals surface area contributed by atoms with E-state index in [4.69, 9.17) is 32.7 Å². The fourth-order valence-corrected chi connectivity index (χ4v) is 6.04. The van der Waals surface area contributed by atoms with Gasteiger partial charge in [-0.05, 0) is 60.7 Å². The maximum absolute atomic E-state index is 13.0. The van der Waals surface area contributed by atoms with Crippen molar-refractivity contribution in [3.8, 4) is 11.5 Å². The largest absolute Gasteiger partial charge is 0.489 e. The third kappa shape index (κ3) is 9.22. The van der Waals surface area contributed by atoms with Crippen molar-refractivity contribution in [3.05, 3.63) is 76.0 Å². The fourth-order valence-electron chi connectivity index (χ4n) is 3.91. The summed E-state index contributed by atoms with van der Waals surface area (Å²) in [5.74, 6) is -0.873. The molecule has 1 aliphatic carbocycles. The highest BCUT2D eigenvalue weighted by atomic mass is 35.5. The molecule has 2 N–H and O–H groups in total. The molecular formula is C27H27Cl2F2N2O8S2+. The van der Waals surface area contributed by atoms with Gasteiger partial charge in [-0.25, -0.2) is 21.8 Å². The summed E-state index contributed by atoms with van der Waals surface area (Å²) in [6.45, 7) is -3.60. The Labute approximate surface area is 257 Å². The summed E-state index contributed by atoms with van der Waals surface area (Å²) in [4.78, 5) is 15.3. The van der Waals surface area contributed by atoms with Gasteiger partial charge in [0.05, 0.1) is 16.4 Å². The van der Waals surface area contributed by atoms with E-state index in [9.17, 15) is 30.4 Å². The van der Waals surface area contributed by atoms with Crippen LogP contribution in [-0.4, -0.2) is 48.8 Å². The molecule has 1 aromatic heterocycles. The van der Waals surface area contributed by atoms with Crippen LogP contribution >= 0.6 is 23.2 Å². The van der Waals surface area contributed by atoms with Crippen LogP contribution in [0.4, 0.5) is 8.78 Å². The molecule has 16 heteroatoms. The third-order valence-corrected chi connectivity index (χ3v) is 9.58. The lowest BCUT2D eigenvalue weighted by atomic mass is 10.0. The molecule has 4 rings (SSSR count). The zero-order valence-corrected chi connectivity index (χ0v) is 25.7. The van der Waals surface area contributed by atoms with E-state index in [1.165, 1.54) is 30.6 Å². The van der Waals surface area contributed by atoms with Crippen LogP contribution in [0.15, 0.2) is 64.6 Å². The van der Waals surface area contributed by atoms with Gasteiger partial charge in [0, 0.05) is 18.2 Å². The molecule has 0 bridgehead atoms. The number of nitrogens with one attached hydrogen (secondary N) is 2.